The van der Waals surface area contributed by atoms with Gasteiger partial charge >= 0.3 is 0 Å². The number of phenols is 1. The van der Waals surface area contributed by atoms with Gasteiger partial charge in [0.05, 0.1) is 19.4 Å². The van der Waals surface area contributed by atoms with Gasteiger partial charge in [0.15, 0.2) is 5.75 Å². The second-order valence-electron chi connectivity index (χ2n) is 3.47. The molecular weight excluding hydrogens is 441 g/mol. The summed E-state index contributed by atoms with van der Waals surface area (Å²) < 4.78 is 1.60. The van der Waals surface area contributed by atoms with Crippen molar-refractivity contribution in [2.75, 3.05) is 5.32 Å². The topological polar surface area (TPSA) is 49.3 Å². The number of phenolic OH excluding ortho intramolecular Hbond substituents is 1. The lowest BCUT2D eigenvalue weighted by Gasteiger charge is -2.08. The molecule has 2 aromatic rings. The van der Waals surface area contributed by atoms with Crippen molar-refractivity contribution >= 4 is 78.0 Å². The molecule has 1 heterocycles. The smallest absolute Gasteiger partial charge is 0.265 e. The molecule has 0 atom stereocenters. The van der Waals surface area contributed by atoms with Crippen LogP contribution in [0.1, 0.15) is 9.67 Å². The van der Waals surface area contributed by atoms with Gasteiger partial charge in [-0.05, 0) is 50.1 Å². The minimum absolute atomic E-state index is 0.0799. The Morgan fingerprint density at radius 1 is 1.26 bits per heavy atom. The average Bonchev–Trinajstić information content (AvgIpc) is 2.66. The largest absolute Gasteiger partial charge is 0.504 e. The lowest BCUT2D eigenvalue weighted by Crippen LogP contribution is -2.10. The molecule has 1 aromatic carbocycles. The van der Waals surface area contributed by atoms with Gasteiger partial charge in [-0.25, -0.2) is 0 Å². The van der Waals surface area contributed by atoms with E-state index in [2.05, 4.69) is 37.2 Å². The van der Waals surface area contributed by atoms with Gasteiger partial charge in [0.1, 0.15) is 0 Å². The van der Waals surface area contributed by atoms with Gasteiger partial charge < -0.3 is 10.4 Å². The van der Waals surface area contributed by atoms with E-state index >= 15 is 0 Å². The van der Waals surface area contributed by atoms with Crippen molar-refractivity contribution in [3.8, 4) is 5.75 Å². The van der Waals surface area contributed by atoms with Crippen molar-refractivity contribution in [1.82, 2.24) is 0 Å². The number of hydrogen-bond acceptors (Lipinski definition) is 3. The number of carbonyl (C=O) groups excluding carboxylic acids is 1. The zero-order valence-electron chi connectivity index (χ0n) is 9.01. The van der Waals surface area contributed by atoms with E-state index in [0.717, 1.165) is 8.26 Å². The zero-order chi connectivity index (χ0) is 14.2. The molecular formula is C11H5Br2Cl2NO2S. The van der Waals surface area contributed by atoms with Gasteiger partial charge in [0, 0.05) is 9.50 Å². The van der Waals surface area contributed by atoms with E-state index in [1.165, 1.54) is 23.5 Å². The highest BCUT2D eigenvalue weighted by molar-refractivity contribution is 9.13. The predicted molar refractivity (Wildman–Crippen MR) is 85.8 cm³/mol. The van der Waals surface area contributed by atoms with Crippen LogP contribution < -0.4 is 5.32 Å². The molecule has 100 valence electrons. The number of hydrogen-bond donors (Lipinski definition) is 2. The van der Waals surface area contributed by atoms with E-state index in [0.29, 0.717) is 9.90 Å². The van der Waals surface area contributed by atoms with Crippen LogP contribution in [-0.2, 0) is 0 Å². The van der Waals surface area contributed by atoms with E-state index in [9.17, 15) is 9.90 Å². The highest BCUT2D eigenvalue weighted by Crippen LogP contribution is 2.36. The molecule has 0 saturated carbocycles. The van der Waals surface area contributed by atoms with Crippen molar-refractivity contribution < 1.29 is 9.90 Å². The number of rotatable bonds is 2. The van der Waals surface area contributed by atoms with Crippen molar-refractivity contribution in [3.05, 3.63) is 41.4 Å². The average molecular weight is 446 g/mol. The molecule has 2 rings (SSSR count). The first-order valence-corrected chi connectivity index (χ1v) is 7.98. The maximum absolute atomic E-state index is 12.0. The second kappa shape index (κ2) is 6.01. The molecule has 1 amide bonds. The minimum Gasteiger partial charge on any atom is -0.504 e. The molecule has 0 spiro atoms. The van der Waals surface area contributed by atoms with E-state index in [1.54, 1.807) is 6.07 Å². The predicted octanol–water partition coefficient (Wildman–Crippen LogP) is 5.54. The number of anilines is 1. The van der Waals surface area contributed by atoms with Crippen LogP contribution in [0.15, 0.2) is 26.5 Å². The maximum Gasteiger partial charge on any atom is 0.265 e. The maximum atomic E-state index is 12.0. The summed E-state index contributed by atoms with van der Waals surface area (Å²) in [6.45, 7) is 0. The normalized spacial score (nSPS) is 10.5. The lowest BCUT2D eigenvalue weighted by molar-refractivity contribution is 0.103. The van der Waals surface area contributed by atoms with Crippen LogP contribution in [-0.4, -0.2) is 11.0 Å². The molecule has 0 radical (unpaired) electrons. The Hall–Kier alpha value is -0.270. The zero-order valence-corrected chi connectivity index (χ0v) is 14.5. The van der Waals surface area contributed by atoms with E-state index in [4.69, 9.17) is 23.2 Å². The lowest BCUT2D eigenvalue weighted by atomic mass is 10.3. The molecule has 8 heteroatoms. The number of carbonyl (C=O) groups is 1. The molecule has 2 N–H and O–H groups in total. The molecule has 19 heavy (non-hydrogen) atoms. The summed E-state index contributed by atoms with van der Waals surface area (Å²) in [6, 6.07) is 4.50. The molecule has 0 fully saturated rings. The molecule has 0 bridgehead atoms. The first-order chi connectivity index (χ1) is 8.88. The fourth-order valence-electron chi connectivity index (χ4n) is 1.30. The first kappa shape index (κ1) is 15.1. The Morgan fingerprint density at radius 3 is 2.53 bits per heavy atom. The van der Waals surface area contributed by atoms with Gasteiger partial charge in [-0.2, -0.15) is 0 Å². The van der Waals surface area contributed by atoms with Crippen LogP contribution >= 0.6 is 66.4 Å². The Morgan fingerprint density at radius 2 is 1.95 bits per heavy atom. The summed E-state index contributed by atoms with van der Waals surface area (Å²) in [5.74, 6) is -0.570. The second-order valence-corrected chi connectivity index (χ2v) is 7.54. The quantitative estimate of drug-likeness (QED) is 0.596. The fraction of sp³-hybridized carbons (Fsp3) is 0. The van der Waals surface area contributed by atoms with Gasteiger partial charge in [-0.1, -0.05) is 23.2 Å². The number of aromatic hydroxyl groups is 1. The van der Waals surface area contributed by atoms with Crippen LogP contribution in [0.3, 0.4) is 0 Å². The Labute approximate surface area is 139 Å². The van der Waals surface area contributed by atoms with Crippen molar-refractivity contribution in [1.29, 1.82) is 0 Å². The monoisotopic (exact) mass is 443 g/mol. The summed E-state index contributed by atoms with van der Waals surface area (Å²) in [4.78, 5) is 12.5. The SMILES string of the molecule is O=C(Nc1cc(Cl)cc(Cl)c1O)c1cc(Br)c(Br)s1. The van der Waals surface area contributed by atoms with Crippen LogP contribution in [0.25, 0.3) is 0 Å². The first-order valence-electron chi connectivity index (χ1n) is 4.82. The summed E-state index contributed by atoms with van der Waals surface area (Å²) in [5.41, 5.74) is 0.170. The molecule has 0 saturated heterocycles. The van der Waals surface area contributed by atoms with Crippen LogP contribution in [0.4, 0.5) is 5.69 Å². The summed E-state index contributed by atoms with van der Waals surface area (Å²) in [7, 11) is 0. The number of thiophene rings is 1. The van der Waals surface area contributed by atoms with Crippen molar-refractivity contribution in [2.45, 2.75) is 0 Å². The highest BCUT2D eigenvalue weighted by atomic mass is 79.9. The fourth-order valence-corrected chi connectivity index (χ4v) is 3.73. The van der Waals surface area contributed by atoms with E-state index in [-0.39, 0.29) is 22.4 Å². The van der Waals surface area contributed by atoms with Gasteiger partial charge in [0.2, 0.25) is 0 Å². The Kier molecular flexibility index (Phi) is 4.79. The molecule has 0 aliphatic rings. The summed E-state index contributed by atoms with van der Waals surface area (Å²) in [5, 5.41) is 12.7. The Balaban J connectivity index is 2.29. The number of amides is 1. The third kappa shape index (κ3) is 3.44. The highest BCUT2D eigenvalue weighted by Gasteiger charge is 2.15. The minimum atomic E-state index is -0.356. The van der Waals surface area contributed by atoms with Crippen LogP contribution in [0, 0.1) is 0 Å². The Bertz CT molecular complexity index is 641. The van der Waals surface area contributed by atoms with Crippen molar-refractivity contribution in [3.63, 3.8) is 0 Å². The van der Waals surface area contributed by atoms with Gasteiger partial charge in [-0.3, -0.25) is 4.79 Å². The number of benzene rings is 1. The molecule has 0 aliphatic heterocycles. The number of nitrogens with one attached hydrogen (secondary N) is 1. The molecule has 3 nitrogen and oxygen atoms in total. The van der Waals surface area contributed by atoms with Gasteiger partial charge in [0.25, 0.3) is 5.91 Å². The van der Waals surface area contributed by atoms with E-state index in [1.807, 2.05) is 0 Å². The number of halogens is 4. The van der Waals surface area contributed by atoms with Crippen molar-refractivity contribution in [2.24, 2.45) is 0 Å². The molecule has 0 aliphatic carbocycles. The molecule has 1 aromatic heterocycles. The van der Waals surface area contributed by atoms with Gasteiger partial charge in [-0.15, -0.1) is 11.3 Å². The standard InChI is InChI=1S/C11H5Br2Cl2NO2S/c12-5-3-8(19-10(5)13)11(18)16-7-2-4(14)1-6(15)9(7)17/h1-3,17H,(H,16,18). The van der Waals surface area contributed by atoms with Crippen LogP contribution in [0.2, 0.25) is 10.0 Å². The molecule has 0 unspecified atom stereocenters. The summed E-state index contributed by atoms with van der Waals surface area (Å²) in [6.07, 6.45) is 0. The van der Waals surface area contributed by atoms with Crippen LogP contribution in [0.5, 0.6) is 5.75 Å². The third-order valence-corrected chi connectivity index (χ3v) is 5.91. The third-order valence-electron chi connectivity index (χ3n) is 2.15. The summed E-state index contributed by atoms with van der Waals surface area (Å²) >= 11 is 19.5. The van der Waals surface area contributed by atoms with E-state index < -0.39 is 0 Å².